The van der Waals surface area contributed by atoms with Crippen molar-refractivity contribution < 1.29 is 14.3 Å². The zero-order valence-corrected chi connectivity index (χ0v) is 15.9. The summed E-state index contributed by atoms with van der Waals surface area (Å²) in [6.45, 7) is 2.34. The molecular weight excluding hydrogens is 380 g/mol. The highest BCUT2D eigenvalue weighted by Crippen LogP contribution is 2.18. The summed E-state index contributed by atoms with van der Waals surface area (Å²) in [6.07, 6.45) is 3.12. The number of nitrogens with zero attached hydrogens (tertiary/aromatic N) is 2. The highest BCUT2D eigenvalue weighted by atomic mass is 35.5. The number of nitrogens with one attached hydrogen (secondary N) is 2. The second kappa shape index (κ2) is 9.05. The molecule has 7 nitrogen and oxygen atoms in total. The van der Waals surface area contributed by atoms with Crippen LogP contribution < -0.4 is 15.4 Å². The van der Waals surface area contributed by atoms with E-state index in [0.29, 0.717) is 28.6 Å². The van der Waals surface area contributed by atoms with Gasteiger partial charge in [-0.2, -0.15) is 5.10 Å². The van der Waals surface area contributed by atoms with Crippen molar-refractivity contribution in [2.75, 3.05) is 18.5 Å². The number of carbonyl (C=O) groups excluding carboxylic acids is 2. The average Bonchev–Trinajstić information content (AvgIpc) is 3.18. The Hall–Kier alpha value is -3.32. The monoisotopic (exact) mass is 398 g/mol. The second-order valence-corrected chi connectivity index (χ2v) is 6.31. The minimum atomic E-state index is -0.288. The van der Waals surface area contributed by atoms with Crippen LogP contribution in [0.5, 0.6) is 5.75 Å². The molecule has 1 aromatic heterocycles. The van der Waals surface area contributed by atoms with Crippen molar-refractivity contribution in [2.24, 2.45) is 0 Å². The predicted octanol–water partition coefficient (Wildman–Crippen LogP) is 3.29. The largest absolute Gasteiger partial charge is 0.484 e. The molecule has 0 aliphatic carbocycles. The quantitative estimate of drug-likeness (QED) is 0.639. The first-order chi connectivity index (χ1) is 13.5. The van der Waals surface area contributed by atoms with Gasteiger partial charge in [-0.25, -0.2) is 4.68 Å². The fourth-order valence-corrected chi connectivity index (χ4v) is 2.62. The number of amides is 2. The van der Waals surface area contributed by atoms with Gasteiger partial charge in [-0.3, -0.25) is 9.59 Å². The Labute approximate surface area is 167 Å². The van der Waals surface area contributed by atoms with Crippen LogP contribution in [0.25, 0.3) is 5.69 Å². The molecular formula is C20H19ClN4O3. The van der Waals surface area contributed by atoms with Crippen LogP contribution in [0.1, 0.15) is 17.3 Å². The molecule has 0 fully saturated rings. The van der Waals surface area contributed by atoms with Gasteiger partial charge < -0.3 is 15.4 Å². The van der Waals surface area contributed by atoms with Crippen LogP contribution >= 0.6 is 11.6 Å². The van der Waals surface area contributed by atoms with Gasteiger partial charge >= 0.3 is 0 Å². The van der Waals surface area contributed by atoms with Gasteiger partial charge in [-0.05, 0) is 49.4 Å². The number of hydrogen-bond donors (Lipinski definition) is 2. The van der Waals surface area contributed by atoms with Crippen LogP contribution in [0.3, 0.4) is 0 Å². The summed E-state index contributed by atoms with van der Waals surface area (Å²) >= 11 is 5.99. The van der Waals surface area contributed by atoms with Crippen molar-refractivity contribution in [2.45, 2.75) is 6.92 Å². The van der Waals surface area contributed by atoms with Gasteiger partial charge in [0.1, 0.15) is 5.75 Å². The van der Waals surface area contributed by atoms with Gasteiger partial charge in [0.05, 0.1) is 17.4 Å². The minimum absolute atomic E-state index is 0.0533. The third-order valence-electron chi connectivity index (χ3n) is 3.77. The van der Waals surface area contributed by atoms with Crippen LogP contribution in [0.4, 0.5) is 5.69 Å². The van der Waals surface area contributed by atoms with E-state index in [-0.39, 0.29) is 18.4 Å². The third kappa shape index (κ3) is 5.11. The van der Waals surface area contributed by atoms with E-state index in [9.17, 15) is 9.59 Å². The molecule has 0 spiro atoms. The van der Waals surface area contributed by atoms with Gasteiger partial charge in [0.25, 0.3) is 11.8 Å². The smallest absolute Gasteiger partial charge is 0.258 e. The molecule has 0 saturated carbocycles. The van der Waals surface area contributed by atoms with E-state index < -0.39 is 0 Å². The number of aromatic nitrogens is 2. The fourth-order valence-electron chi connectivity index (χ4n) is 2.43. The first kappa shape index (κ1) is 19.4. The van der Waals surface area contributed by atoms with Gasteiger partial charge in [0.15, 0.2) is 6.61 Å². The van der Waals surface area contributed by atoms with Crippen LogP contribution in [0, 0.1) is 0 Å². The molecule has 0 aliphatic rings. The van der Waals surface area contributed by atoms with Crippen molar-refractivity contribution in [3.8, 4) is 11.4 Å². The van der Waals surface area contributed by atoms with Crippen LogP contribution in [-0.4, -0.2) is 34.7 Å². The molecule has 2 aromatic carbocycles. The summed E-state index contributed by atoms with van der Waals surface area (Å²) in [5.41, 5.74) is 1.78. The Bertz CT molecular complexity index is 970. The number of likely N-dealkylation sites (N-methyl/N-ethyl adjacent to an activating group) is 1. The van der Waals surface area contributed by atoms with Crippen molar-refractivity contribution in [1.82, 2.24) is 15.1 Å². The van der Waals surface area contributed by atoms with E-state index in [2.05, 4.69) is 15.7 Å². The molecule has 2 N–H and O–H groups in total. The normalized spacial score (nSPS) is 10.4. The van der Waals surface area contributed by atoms with E-state index in [1.165, 1.54) is 6.20 Å². The molecule has 3 rings (SSSR count). The maximum atomic E-state index is 12.4. The SMILES string of the molecule is CCNC(=O)COc1ccc(NC(=O)c2cnn(-c3cccc(Cl)c3)c2)cc1. The van der Waals surface area contributed by atoms with Crippen molar-refractivity contribution in [1.29, 1.82) is 0 Å². The van der Waals surface area contributed by atoms with E-state index >= 15 is 0 Å². The minimum Gasteiger partial charge on any atom is -0.484 e. The molecule has 8 heteroatoms. The van der Waals surface area contributed by atoms with E-state index in [1.54, 1.807) is 47.3 Å². The summed E-state index contributed by atoms with van der Waals surface area (Å²) in [4.78, 5) is 23.8. The molecule has 0 bridgehead atoms. The van der Waals surface area contributed by atoms with Gasteiger partial charge in [0.2, 0.25) is 0 Å². The van der Waals surface area contributed by atoms with Crippen LogP contribution in [-0.2, 0) is 4.79 Å². The van der Waals surface area contributed by atoms with Crippen molar-refractivity contribution in [3.05, 3.63) is 71.5 Å². The Morgan fingerprint density at radius 1 is 1.18 bits per heavy atom. The Balaban J connectivity index is 1.60. The molecule has 2 amide bonds. The summed E-state index contributed by atoms with van der Waals surface area (Å²) in [5, 5.41) is 10.2. The lowest BCUT2D eigenvalue weighted by atomic mass is 10.2. The standard InChI is InChI=1S/C20H19ClN4O3/c1-2-22-19(26)13-28-18-8-6-16(7-9-18)24-20(27)14-11-23-25(12-14)17-5-3-4-15(21)10-17/h3-12H,2,13H2,1H3,(H,22,26)(H,24,27). The topological polar surface area (TPSA) is 85.2 Å². The summed E-state index contributed by atoms with van der Waals surface area (Å²) in [7, 11) is 0. The third-order valence-corrected chi connectivity index (χ3v) is 4.01. The predicted molar refractivity (Wildman–Crippen MR) is 107 cm³/mol. The lowest BCUT2D eigenvalue weighted by Gasteiger charge is -2.08. The molecule has 144 valence electrons. The summed E-state index contributed by atoms with van der Waals surface area (Å²) in [6, 6.07) is 14.0. The molecule has 0 aliphatic heterocycles. The van der Waals surface area contributed by atoms with Crippen molar-refractivity contribution in [3.63, 3.8) is 0 Å². The number of carbonyl (C=O) groups is 2. The van der Waals surface area contributed by atoms with Gasteiger partial charge in [-0.1, -0.05) is 17.7 Å². The Morgan fingerprint density at radius 3 is 2.68 bits per heavy atom. The maximum absolute atomic E-state index is 12.4. The van der Waals surface area contributed by atoms with Crippen LogP contribution in [0.15, 0.2) is 60.9 Å². The highest BCUT2D eigenvalue weighted by molar-refractivity contribution is 6.30. The van der Waals surface area contributed by atoms with E-state index in [0.717, 1.165) is 5.69 Å². The average molecular weight is 399 g/mol. The van der Waals surface area contributed by atoms with Crippen LogP contribution in [0.2, 0.25) is 5.02 Å². The Kier molecular flexibility index (Phi) is 6.29. The molecule has 28 heavy (non-hydrogen) atoms. The lowest BCUT2D eigenvalue weighted by molar-refractivity contribution is -0.122. The van der Waals surface area contributed by atoms with E-state index in [1.807, 2.05) is 19.1 Å². The number of halogens is 1. The second-order valence-electron chi connectivity index (χ2n) is 5.87. The van der Waals surface area contributed by atoms with Crippen molar-refractivity contribution >= 4 is 29.1 Å². The highest BCUT2D eigenvalue weighted by Gasteiger charge is 2.10. The van der Waals surface area contributed by atoms with Gasteiger partial charge in [0, 0.05) is 23.5 Å². The molecule has 3 aromatic rings. The first-order valence-corrected chi connectivity index (χ1v) is 9.04. The molecule has 0 atom stereocenters. The number of ether oxygens (including phenoxy) is 1. The number of rotatable bonds is 7. The first-order valence-electron chi connectivity index (χ1n) is 8.66. The maximum Gasteiger partial charge on any atom is 0.258 e. The van der Waals surface area contributed by atoms with Gasteiger partial charge in [-0.15, -0.1) is 0 Å². The summed E-state index contributed by atoms with van der Waals surface area (Å²) < 4.78 is 6.96. The Morgan fingerprint density at radius 2 is 1.96 bits per heavy atom. The number of hydrogen-bond acceptors (Lipinski definition) is 4. The number of benzene rings is 2. The molecule has 1 heterocycles. The molecule has 0 saturated heterocycles. The zero-order valence-electron chi connectivity index (χ0n) is 15.2. The van der Waals surface area contributed by atoms with E-state index in [4.69, 9.17) is 16.3 Å². The molecule has 0 unspecified atom stereocenters. The molecule has 0 radical (unpaired) electrons. The number of anilines is 1. The lowest BCUT2D eigenvalue weighted by Crippen LogP contribution is -2.28. The fraction of sp³-hybridized carbons (Fsp3) is 0.150. The zero-order chi connectivity index (χ0) is 19.9. The summed E-state index contributed by atoms with van der Waals surface area (Å²) in [5.74, 6) is 0.0684.